The molecule has 1 aromatic carbocycles. The lowest BCUT2D eigenvalue weighted by Crippen LogP contribution is -2.66. The summed E-state index contributed by atoms with van der Waals surface area (Å²) in [5.74, 6) is 2.79. The first-order chi connectivity index (χ1) is 20.1. The fourth-order valence-electron chi connectivity index (χ4n) is 12.7. The third kappa shape index (κ3) is 4.46. The van der Waals surface area contributed by atoms with Crippen molar-refractivity contribution in [2.24, 2.45) is 56.7 Å². The molecule has 0 aliphatic heterocycles. The zero-order valence-corrected chi connectivity index (χ0v) is 27.8. The second kappa shape index (κ2) is 10.1. The van der Waals surface area contributed by atoms with Crippen LogP contribution in [0.15, 0.2) is 36.4 Å². The van der Waals surface area contributed by atoms with Crippen LogP contribution in [0.25, 0.3) is 6.08 Å². The Labute approximate surface area is 260 Å². The van der Waals surface area contributed by atoms with Crippen LogP contribution in [0.2, 0.25) is 0 Å². The molecule has 0 heterocycles. The highest BCUT2D eigenvalue weighted by atomic mass is 16.5. The minimum atomic E-state index is -0.336. The molecule has 2 N–H and O–H groups in total. The van der Waals surface area contributed by atoms with E-state index < -0.39 is 0 Å². The number of carbonyl (C=O) groups excluding carboxylic acids is 1. The van der Waals surface area contributed by atoms with Gasteiger partial charge in [0.25, 0.3) is 0 Å². The smallest absolute Gasteiger partial charge is 0.331 e. The molecular formula is C39H56O4. The second-order valence-corrected chi connectivity index (χ2v) is 17.2. The molecule has 0 radical (unpaired) electrons. The van der Waals surface area contributed by atoms with Crippen molar-refractivity contribution >= 4 is 12.0 Å². The van der Waals surface area contributed by atoms with Gasteiger partial charge in [-0.1, -0.05) is 59.8 Å². The van der Waals surface area contributed by atoms with Crippen molar-refractivity contribution in [3.63, 3.8) is 0 Å². The molecule has 5 saturated carbocycles. The molecule has 0 saturated heterocycles. The first-order valence-electron chi connectivity index (χ1n) is 17.1. The first-order valence-corrected chi connectivity index (χ1v) is 17.1. The normalized spacial score (nSPS) is 45.0. The number of rotatable bonds is 4. The van der Waals surface area contributed by atoms with Crippen LogP contribution in [0.4, 0.5) is 0 Å². The zero-order valence-electron chi connectivity index (χ0n) is 27.8. The van der Waals surface area contributed by atoms with Crippen LogP contribution >= 0.6 is 0 Å². The van der Waals surface area contributed by atoms with Gasteiger partial charge >= 0.3 is 5.97 Å². The molecule has 236 valence electrons. The maximum Gasteiger partial charge on any atom is 0.331 e. The van der Waals surface area contributed by atoms with E-state index in [1.807, 2.05) is 0 Å². The summed E-state index contributed by atoms with van der Waals surface area (Å²) in [6.45, 7) is 22.1. The van der Waals surface area contributed by atoms with Gasteiger partial charge in [0.05, 0.1) is 0 Å². The SMILES string of the molecule is C=C(C)[C@@H]1CC[C@]2(C)CC[C@]3(C)[C@H](CC[C@@H]4[C@@]5(C)CC[C@H](OC(=O)/C=C/c6ccc(O)c(O)c6)C(C)(C)[C@@H]5CC[C@]43C)C12. The molecule has 1 unspecified atom stereocenters. The van der Waals surface area contributed by atoms with Crippen LogP contribution in [-0.2, 0) is 9.53 Å². The Morgan fingerprint density at radius 1 is 0.860 bits per heavy atom. The van der Waals surface area contributed by atoms with E-state index in [2.05, 4.69) is 55.0 Å². The molecule has 6 rings (SSSR count). The minimum Gasteiger partial charge on any atom is -0.504 e. The van der Waals surface area contributed by atoms with Crippen molar-refractivity contribution in [2.45, 2.75) is 119 Å². The predicted molar refractivity (Wildman–Crippen MR) is 173 cm³/mol. The second-order valence-electron chi connectivity index (χ2n) is 17.2. The summed E-state index contributed by atoms with van der Waals surface area (Å²) in [7, 11) is 0. The van der Waals surface area contributed by atoms with Crippen molar-refractivity contribution in [1.82, 2.24) is 0 Å². The number of hydrogen-bond donors (Lipinski definition) is 2. The van der Waals surface area contributed by atoms with E-state index in [-0.39, 0.29) is 34.4 Å². The standard InChI is InChI=1S/C39H56O4/c1-24(2)26-15-18-36(5)21-22-38(7)27(34(26)36)11-13-31-37(6)19-17-32(35(3,4)30(37)16-20-39(31,38)8)43-33(42)14-10-25-9-12-28(40)29(41)23-25/h9-10,12,14,23,26-27,30-32,34,40-41H,1,11,13,15-22H2,2-8H3/b14-10+/t26-,27+,30-,31+,32-,34?,36+,37-,38+,39+/m0/s1. The number of fused-ring (bicyclic) bond motifs is 7. The highest BCUT2D eigenvalue weighted by Gasteiger charge is 2.70. The number of aromatic hydroxyl groups is 2. The molecule has 0 bridgehead atoms. The molecule has 43 heavy (non-hydrogen) atoms. The Bertz CT molecular complexity index is 1330. The lowest BCUT2D eigenvalue weighted by Gasteiger charge is -2.73. The number of carbonyl (C=O) groups is 1. The van der Waals surface area contributed by atoms with Gasteiger partial charge in [0.2, 0.25) is 0 Å². The van der Waals surface area contributed by atoms with Crippen LogP contribution in [0.5, 0.6) is 11.5 Å². The summed E-state index contributed by atoms with van der Waals surface area (Å²) in [6, 6.07) is 4.54. The summed E-state index contributed by atoms with van der Waals surface area (Å²) in [5, 5.41) is 19.4. The number of phenolic OH excluding ortho intramolecular Hbond substituents is 2. The van der Waals surface area contributed by atoms with E-state index >= 15 is 0 Å². The number of esters is 1. The van der Waals surface area contributed by atoms with E-state index in [4.69, 9.17) is 4.74 Å². The molecular weight excluding hydrogens is 532 g/mol. The van der Waals surface area contributed by atoms with Crippen molar-refractivity contribution < 1.29 is 19.7 Å². The minimum absolute atomic E-state index is 0.103. The average molecular weight is 589 g/mol. The molecule has 5 aliphatic carbocycles. The van der Waals surface area contributed by atoms with E-state index in [0.717, 1.165) is 24.7 Å². The first kappa shape index (κ1) is 30.8. The van der Waals surface area contributed by atoms with Gasteiger partial charge in [-0.3, -0.25) is 0 Å². The number of allylic oxidation sites excluding steroid dienone is 1. The van der Waals surface area contributed by atoms with Crippen LogP contribution < -0.4 is 0 Å². The summed E-state index contributed by atoms with van der Waals surface area (Å²) in [6.07, 6.45) is 15.6. The maximum atomic E-state index is 13.0. The largest absolute Gasteiger partial charge is 0.504 e. The Morgan fingerprint density at radius 3 is 2.30 bits per heavy atom. The zero-order chi connectivity index (χ0) is 31.2. The number of ether oxygens (including phenoxy) is 1. The Kier molecular flexibility index (Phi) is 7.26. The van der Waals surface area contributed by atoms with E-state index in [9.17, 15) is 15.0 Å². The van der Waals surface area contributed by atoms with Crippen LogP contribution in [0, 0.1) is 56.7 Å². The molecule has 1 aromatic rings. The predicted octanol–water partition coefficient (Wildman–Crippen LogP) is 9.70. The Morgan fingerprint density at radius 2 is 1.60 bits per heavy atom. The van der Waals surface area contributed by atoms with Gasteiger partial charge in [0.15, 0.2) is 11.5 Å². The molecule has 4 nitrogen and oxygen atoms in total. The van der Waals surface area contributed by atoms with Crippen LogP contribution in [0.1, 0.15) is 118 Å². The third-order valence-corrected chi connectivity index (χ3v) is 15.1. The fourth-order valence-corrected chi connectivity index (χ4v) is 12.7. The molecule has 5 aliphatic rings. The average Bonchev–Trinajstić information content (AvgIpc) is 3.29. The monoisotopic (exact) mass is 588 g/mol. The topological polar surface area (TPSA) is 66.8 Å². The molecule has 4 heteroatoms. The van der Waals surface area contributed by atoms with E-state index in [1.165, 1.54) is 75.1 Å². The van der Waals surface area contributed by atoms with Gasteiger partial charge < -0.3 is 14.9 Å². The van der Waals surface area contributed by atoms with Gasteiger partial charge in [-0.25, -0.2) is 4.79 Å². The Balaban J connectivity index is 1.22. The van der Waals surface area contributed by atoms with E-state index in [1.54, 1.807) is 12.1 Å². The lowest BCUT2D eigenvalue weighted by atomic mass is 9.32. The molecule has 5 fully saturated rings. The quantitative estimate of drug-likeness (QED) is 0.159. The summed E-state index contributed by atoms with van der Waals surface area (Å²) >= 11 is 0. The fraction of sp³-hybridized carbons (Fsp3) is 0.718. The van der Waals surface area contributed by atoms with Gasteiger partial charge in [-0.15, -0.1) is 0 Å². The number of hydrogen-bond acceptors (Lipinski definition) is 4. The lowest BCUT2D eigenvalue weighted by molar-refractivity contribution is -0.248. The van der Waals surface area contributed by atoms with Gasteiger partial charge in [-0.05, 0) is 146 Å². The molecule has 0 amide bonds. The highest BCUT2D eigenvalue weighted by Crippen LogP contribution is 2.77. The highest BCUT2D eigenvalue weighted by molar-refractivity contribution is 5.87. The van der Waals surface area contributed by atoms with Gasteiger partial charge in [0.1, 0.15) is 6.10 Å². The molecule has 10 atom stereocenters. The molecule has 0 spiro atoms. The van der Waals surface area contributed by atoms with Gasteiger partial charge in [0, 0.05) is 11.5 Å². The third-order valence-electron chi connectivity index (χ3n) is 15.1. The van der Waals surface area contributed by atoms with Gasteiger partial charge in [-0.2, -0.15) is 0 Å². The summed E-state index contributed by atoms with van der Waals surface area (Å²) in [4.78, 5) is 13.0. The van der Waals surface area contributed by atoms with Crippen molar-refractivity contribution in [3.8, 4) is 11.5 Å². The maximum absolute atomic E-state index is 13.0. The summed E-state index contributed by atoms with van der Waals surface area (Å²) < 4.78 is 6.19. The van der Waals surface area contributed by atoms with Crippen LogP contribution in [0.3, 0.4) is 0 Å². The summed E-state index contributed by atoms with van der Waals surface area (Å²) in [5.41, 5.74) is 3.40. The van der Waals surface area contributed by atoms with Crippen molar-refractivity contribution in [2.75, 3.05) is 0 Å². The number of phenols is 2. The number of benzene rings is 1. The Hall–Kier alpha value is -2.23. The van der Waals surface area contributed by atoms with Crippen LogP contribution in [-0.4, -0.2) is 22.3 Å². The van der Waals surface area contributed by atoms with Crippen molar-refractivity contribution in [1.29, 1.82) is 0 Å². The molecule has 0 aromatic heterocycles. The van der Waals surface area contributed by atoms with Crippen molar-refractivity contribution in [3.05, 3.63) is 42.0 Å². The van der Waals surface area contributed by atoms with E-state index in [0.29, 0.717) is 39.6 Å².